The van der Waals surface area contributed by atoms with Gasteiger partial charge in [-0.2, -0.15) is 0 Å². The van der Waals surface area contributed by atoms with E-state index in [0.717, 1.165) is 42.4 Å². The first-order chi connectivity index (χ1) is 13.5. The molecule has 0 aromatic heterocycles. The Kier molecular flexibility index (Phi) is 4.39. The van der Waals surface area contributed by atoms with Crippen LogP contribution >= 0.6 is 0 Å². The Morgan fingerprint density at radius 1 is 1.10 bits per heavy atom. The lowest BCUT2D eigenvalue weighted by Gasteiger charge is -2.59. The first-order valence-electron chi connectivity index (χ1n) is 10.8. The molecule has 0 N–H and O–H groups in total. The van der Waals surface area contributed by atoms with Gasteiger partial charge in [-0.3, -0.25) is 14.4 Å². The van der Waals surface area contributed by atoms with Crippen LogP contribution in [0, 0.1) is 28.6 Å². The second-order valence-electron chi connectivity index (χ2n) is 10.2. The summed E-state index contributed by atoms with van der Waals surface area (Å²) in [5, 5.41) is 0. The van der Waals surface area contributed by atoms with Gasteiger partial charge in [0.1, 0.15) is 0 Å². The van der Waals surface area contributed by atoms with Gasteiger partial charge in [-0.05, 0) is 79.4 Å². The van der Waals surface area contributed by atoms with Crippen molar-refractivity contribution in [3.05, 3.63) is 36.0 Å². The van der Waals surface area contributed by atoms with Crippen molar-refractivity contribution in [1.29, 1.82) is 0 Å². The highest BCUT2D eigenvalue weighted by Crippen LogP contribution is 2.69. The van der Waals surface area contributed by atoms with Crippen LogP contribution in [0.1, 0.15) is 66.2 Å². The predicted molar refractivity (Wildman–Crippen MR) is 111 cm³/mol. The summed E-state index contributed by atoms with van der Waals surface area (Å²) >= 11 is 0. The van der Waals surface area contributed by atoms with Crippen LogP contribution in [-0.4, -0.2) is 23.1 Å². The molecule has 4 rings (SSSR count). The Morgan fingerprint density at radius 2 is 1.79 bits per heavy atom. The van der Waals surface area contributed by atoms with Gasteiger partial charge in [-0.25, -0.2) is 0 Å². The molecule has 0 aliphatic heterocycles. The van der Waals surface area contributed by atoms with E-state index < -0.39 is 17.0 Å². The molecule has 29 heavy (non-hydrogen) atoms. The molecule has 0 spiro atoms. The fourth-order valence-electron chi connectivity index (χ4n) is 7.64. The molecule has 0 amide bonds. The number of carbonyl (C=O) groups is 3. The van der Waals surface area contributed by atoms with Crippen LogP contribution in [0.25, 0.3) is 0 Å². The number of ether oxygens (including phenoxy) is 1. The van der Waals surface area contributed by atoms with Crippen molar-refractivity contribution in [2.45, 2.75) is 71.8 Å². The smallest absolute Gasteiger partial charge is 0.303 e. The van der Waals surface area contributed by atoms with Gasteiger partial charge in [0.05, 0.1) is 0 Å². The summed E-state index contributed by atoms with van der Waals surface area (Å²) in [5.41, 5.74) is 1.22. The van der Waals surface area contributed by atoms with Crippen LogP contribution in [0.2, 0.25) is 0 Å². The summed E-state index contributed by atoms with van der Waals surface area (Å²) in [6, 6.07) is 0. The van der Waals surface area contributed by atoms with Gasteiger partial charge in [-0.1, -0.05) is 32.6 Å². The van der Waals surface area contributed by atoms with E-state index in [1.165, 1.54) is 13.8 Å². The van der Waals surface area contributed by atoms with Gasteiger partial charge in [0, 0.05) is 18.8 Å². The zero-order valence-electron chi connectivity index (χ0n) is 18.1. The summed E-state index contributed by atoms with van der Waals surface area (Å²) in [5.74, 6) is 0.665. The topological polar surface area (TPSA) is 60.4 Å². The number of fused-ring (bicyclic) bond motifs is 5. The Labute approximate surface area is 173 Å². The van der Waals surface area contributed by atoms with Crippen molar-refractivity contribution in [3.8, 4) is 0 Å². The van der Waals surface area contributed by atoms with Crippen molar-refractivity contribution < 1.29 is 19.1 Å². The van der Waals surface area contributed by atoms with Gasteiger partial charge in [-0.15, -0.1) is 0 Å². The number of ketones is 2. The van der Waals surface area contributed by atoms with E-state index in [2.05, 4.69) is 27.0 Å². The van der Waals surface area contributed by atoms with Crippen molar-refractivity contribution in [2.24, 2.45) is 28.6 Å². The third-order valence-electron chi connectivity index (χ3n) is 8.88. The van der Waals surface area contributed by atoms with Crippen LogP contribution in [-0.2, 0) is 19.1 Å². The van der Waals surface area contributed by atoms with Crippen molar-refractivity contribution in [2.75, 3.05) is 0 Å². The fourth-order valence-corrected chi connectivity index (χ4v) is 7.64. The third kappa shape index (κ3) is 2.47. The average Bonchev–Trinajstić information content (AvgIpc) is 2.85. The van der Waals surface area contributed by atoms with E-state index in [4.69, 9.17) is 4.74 Å². The van der Waals surface area contributed by atoms with Gasteiger partial charge in [0.25, 0.3) is 0 Å². The second-order valence-corrected chi connectivity index (χ2v) is 10.2. The van der Waals surface area contributed by atoms with E-state index in [9.17, 15) is 14.4 Å². The highest BCUT2D eigenvalue weighted by atomic mass is 16.6. The number of esters is 1. The lowest BCUT2D eigenvalue weighted by atomic mass is 9.45. The number of rotatable bonds is 2. The zero-order chi connectivity index (χ0) is 21.4. The predicted octanol–water partition coefficient (Wildman–Crippen LogP) is 4.74. The molecule has 0 unspecified atom stereocenters. The minimum Gasteiger partial charge on any atom is -0.446 e. The lowest BCUT2D eigenvalue weighted by molar-refractivity contribution is -0.181. The molecule has 4 nitrogen and oxygen atoms in total. The summed E-state index contributed by atoms with van der Waals surface area (Å²) < 4.78 is 5.83. The van der Waals surface area contributed by atoms with Crippen molar-refractivity contribution in [1.82, 2.24) is 0 Å². The molecule has 3 saturated carbocycles. The minimum absolute atomic E-state index is 0.0422. The monoisotopic (exact) mass is 396 g/mol. The molecular formula is C25H32O4. The first-order valence-corrected chi connectivity index (χ1v) is 10.8. The molecule has 4 aliphatic carbocycles. The Morgan fingerprint density at radius 3 is 2.41 bits per heavy atom. The number of hydrogen-bond acceptors (Lipinski definition) is 4. The first kappa shape index (κ1) is 20.3. The summed E-state index contributed by atoms with van der Waals surface area (Å²) in [6.07, 6.45) is 6.60. The highest BCUT2D eigenvalue weighted by molar-refractivity contribution is 5.93. The lowest BCUT2D eigenvalue weighted by Crippen LogP contribution is -2.59. The van der Waals surface area contributed by atoms with Gasteiger partial charge in [0.2, 0.25) is 0 Å². The minimum atomic E-state index is -1.23. The fraction of sp³-hybridized carbons (Fsp3) is 0.640. The van der Waals surface area contributed by atoms with E-state index >= 15 is 0 Å². The standard InChI is InChI=1S/C25H32O4/c1-14-11-19-20(23(5)9-7-18(28)13-21(14)23)8-10-24(6)22(19)12-15(2)25(24,16(3)26)29-17(4)27/h13,19-20,22H,1-2,7-12H2,3-6H3/t19-,20+,22+,23-,24+,25+/m1/s1. The largest absolute Gasteiger partial charge is 0.446 e. The molecule has 0 heterocycles. The van der Waals surface area contributed by atoms with E-state index in [1.54, 1.807) is 0 Å². The molecule has 3 fully saturated rings. The Bertz CT molecular complexity index is 879. The van der Waals surface area contributed by atoms with Gasteiger partial charge >= 0.3 is 5.97 Å². The van der Waals surface area contributed by atoms with Crippen LogP contribution < -0.4 is 0 Å². The molecule has 0 saturated heterocycles. The molecule has 0 radical (unpaired) electrons. The summed E-state index contributed by atoms with van der Waals surface area (Å²) in [6.45, 7) is 15.9. The quantitative estimate of drug-likeness (QED) is 0.500. The normalized spacial score (nSPS) is 43.8. The Balaban J connectivity index is 1.79. The Hall–Kier alpha value is -1.97. The van der Waals surface area contributed by atoms with E-state index in [-0.39, 0.29) is 22.9 Å². The van der Waals surface area contributed by atoms with E-state index in [0.29, 0.717) is 24.7 Å². The molecule has 156 valence electrons. The number of carbonyl (C=O) groups excluding carboxylic acids is 3. The molecular weight excluding hydrogens is 364 g/mol. The molecule has 0 aromatic carbocycles. The maximum Gasteiger partial charge on any atom is 0.303 e. The number of hydrogen-bond donors (Lipinski definition) is 0. The summed E-state index contributed by atoms with van der Waals surface area (Å²) in [4.78, 5) is 37.0. The summed E-state index contributed by atoms with van der Waals surface area (Å²) in [7, 11) is 0. The van der Waals surface area contributed by atoms with Crippen LogP contribution in [0.15, 0.2) is 36.0 Å². The molecule has 6 atom stereocenters. The molecule has 4 aliphatic rings. The number of Topliss-reactive ketones (excluding diaryl/α,β-unsaturated/α-hetero) is 1. The molecule has 4 heteroatoms. The number of allylic oxidation sites excluding steroid dienone is 2. The van der Waals surface area contributed by atoms with Gasteiger partial charge in [0.15, 0.2) is 17.2 Å². The van der Waals surface area contributed by atoms with Gasteiger partial charge < -0.3 is 4.74 Å². The maximum atomic E-state index is 12.9. The van der Waals surface area contributed by atoms with Crippen LogP contribution in [0.3, 0.4) is 0 Å². The van der Waals surface area contributed by atoms with Crippen molar-refractivity contribution in [3.63, 3.8) is 0 Å². The highest BCUT2D eigenvalue weighted by Gasteiger charge is 2.69. The van der Waals surface area contributed by atoms with Crippen molar-refractivity contribution >= 4 is 17.5 Å². The van der Waals surface area contributed by atoms with E-state index in [1.807, 2.05) is 6.08 Å². The maximum absolute atomic E-state index is 12.9. The van der Waals surface area contributed by atoms with Crippen LogP contribution in [0.5, 0.6) is 0 Å². The molecule has 0 aromatic rings. The second kappa shape index (κ2) is 6.26. The van der Waals surface area contributed by atoms with Crippen LogP contribution in [0.4, 0.5) is 0 Å². The SMILES string of the molecule is C=C1C[C@@H]2[C@H](CC[C@@]3(C)[C@H]2CC(=C)[C@]3(OC(C)=O)C(C)=O)[C@@]2(C)CCC(=O)C=C12. The average molecular weight is 397 g/mol. The zero-order valence-corrected chi connectivity index (χ0v) is 18.1. The molecule has 0 bridgehead atoms. The third-order valence-corrected chi connectivity index (χ3v) is 8.88.